The lowest BCUT2D eigenvalue weighted by atomic mass is 10.1. The minimum absolute atomic E-state index is 0.142. The molecule has 0 aliphatic rings. The Morgan fingerprint density at radius 2 is 1.22 bits per heavy atom. The van der Waals surface area contributed by atoms with Crippen LogP contribution in [-0.4, -0.2) is 34.6 Å². The van der Waals surface area contributed by atoms with E-state index in [9.17, 15) is 0 Å². The first kappa shape index (κ1) is 22.9. The molecule has 168 valence electrons. The molecule has 0 bridgehead atoms. The van der Waals surface area contributed by atoms with Crippen molar-refractivity contribution in [2.24, 2.45) is 40.0 Å². The van der Waals surface area contributed by atoms with Crippen molar-refractivity contribution in [1.29, 1.82) is 0 Å². The van der Waals surface area contributed by atoms with Crippen molar-refractivity contribution >= 4 is 11.9 Å². The molecule has 0 aliphatic heterocycles. The number of nitrogens with two attached hydrogens (primary N) is 4. The van der Waals surface area contributed by atoms with Gasteiger partial charge in [0, 0.05) is 25.7 Å². The molecule has 3 rings (SSSR count). The van der Waals surface area contributed by atoms with Crippen LogP contribution in [0.4, 0.5) is 0 Å². The van der Waals surface area contributed by atoms with E-state index in [1.165, 1.54) is 11.1 Å². The minimum atomic E-state index is 0.142. The van der Waals surface area contributed by atoms with Gasteiger partial charge in [-0.1, -0.05) is 48.5 Å². The summed E-state index contributed by atoms with van der Waals surface area (Å²) >= 11 is 0. The van der Waals surface area contributed by atoms with E-state index in [0.29, 0.717) is 13.1 Å². The predicted molar refractivity (Wildman–Crippen MR) is 132 cm³/mol. The second kappa shape index (κ2) is 11.0. The number of hydrogen-bond donors (Lipinski definition) is 4. The van der Waals surface area contributed by atoms with E-state index < -0.39 is 0 Å². The molecule has 0 radical (unpaired) electrons. The minimum Gasteiger partial charge on any atom is -0.370 e. The lowest BCUT2D eigenvalue weighted by Crippen LogP contribution is -2.23. The number of aliphatic imine (C=N–C) groups is 2. The zero-order valence-electron chi connectivity index (χ0n) is 18.5. The van der Waals surface area contributed by atoms with E-state index in [4.69, 9.17) is 22.9 Å². The number of nitrogens with zero attached hydrogens (tertiary/aromatic N) is 4. The Bertz CT molecular complexity index is 969. The van der Waals surface area contributed by atoms with Crippen molar-refractivity contribution in [3.8, 4) is 22.6 Å². The fourth-order valence-electron chi connectivity index (χ4n) is 3.59. The second-order valence-corrected chi connectivity index (χ2v) is 7.74. The maximum absolute atomic E-state index is 5.36. The molecule has 0 saturated carbocycles. The first-order chi connectivity index (χ1) is 15.4. The van der Waals surface area contributed by atoms with Crippen LogP contribution in [0.1, 0.15) is 24.0 Å². The Labute approximate surface area is 189 Å². The van der Waals surface area contributed by atoms with Crippen molar-refractivity contribution in [3.63, 3.8) is 0 Å². The number of aromatic nitrogens is 2. The third-order valence-corrected chi connectivity index (χ3v) is 5.29. The molecule has 0 unspecified atom stereocenters. The zero-order chi connectivity index (χ0) is 22.9. The molecule has 1 heterocycles. The summed E-state index contributed by atoms with van der Waals surface area (Å²) in [6.07, 6.45) is 5.62. The highest BCUT2D eigenvalue weighted by Gasteiger charge is 2.10. The fourth-order valence-corrected chi connectivity index (χ4v) is 3.59. The molecule has 3 aromatic rings. The van der Waals surface area contributed by atoms with Gasteiger partial charge in [0.15, 0.2) is 11.9 Å². The molecular weight excluding hydrogens is 400 g/mol. The van der Waals surface area contributed by atoms with E-state index in [1.807, 2.05) is 13.2 Å². The highest BCUT2D eigenvalue weighted by atomic mass is 15.1. The van der Waals surface area contributed by atoms with Crippen LogP contribution in [-0.2, 0) is 19.9 Å². The smallest absolute Gasteiger partial charge is 0.185 e. The van der Waals surface area contributed by atoms with Crippen LogP contribution in [0.15, 0.2) is 64.7 Å². The number of imidazole rings is 1. The lowest BCUT2D eigenvalue weighted by molar-refractivity contribution is 0.831. The highest BCUT2D eigenvalue weighted by Crippen LogP contribution is 2.26. The molecule has 8 heteroatoms. The number of hydrogen-bond acceptors (Lipinski definition) is 3. The van der Waals surface area contributed by atoms with Crippen molar-refractivity contribution in [2.75, 3.05) is 13.1 Å². The largest absolute Gasteiger partial charge is 0.370 e. The van der Waals surface area contributed by atoms with Gasteiger partial charge in [-0.3, -0.25) is 9.98 Å². The second-order valence-electron chi connectivity index (χ2n) is 7.74. The lowest BCUT2D eigenvalue weighted by Gasteiger charge is -2.08. The number of rotatable bonds is 10. The summed E-state index contributed by atoms with van der Waals surface area (Å²) in [5.41, 5.74) is 27.3. The summed E-state index contributed by atoms with van der Waals surface area (Å²) in [6.45, 7) is 1.28. The molecule has 0 aliphatic carbocycles. The first-order valence-electron chi connectivity index (χ1n) is 10.7. The molecule has 0 fully saturated rings. The fraction of sp³-hybridized carbons (Fsp3) is 0.292. The Kier molecular flexibility index (Phi) is 7.85. The van der Waals surface area contributed by atoms with Gasteiger partial charge >= 0.3 is 0 Å². The van der Waals surface area contributed by atoms with E-state index in [1.54, 1.807) is 0 Å². The van der Waals surface area contributed by atoms with E-state index in [2.05, 4.69) is 68.1 Å². The van der Waals surface area contributed by atoms with Crippen molar-refractivity contribution in [2.45, 2.75) is 25.7 Å². The Balaban J connectivity index is 1.63. The van der Waals surface area contributed by atoms with Gasteiger partial charge in [-0.05, 0) is 42.4 Å². The summed E-state index contributed by atoms with van der Waals surface area (Å²) in [6, 6.07) is 17.1. The summed E-state index contributed by atoms with van der Waals surface area (Å²) in [5, 5.41) is 0. The van der Waals surface area contributed by atoms with Crippen LogP contribution in [0.25, 0.3) is 22.6 Å². The maximum atomic E-state index is 5.36. The maximum Gasteiger partial charge on any atom is 0.185 e. The van der Waals surface area contributed by atoms with Gasteiger partial charge < -0.3 is 27.5 Å². The third kappa shape index (κ3) is 6.34. The number of guanidine groups is 2. The molecule has 8 N–H and O–H groups in total. The monoisotopic (exact) mass is 432 g/mol. The van der Waals surface area contributed by atoms with E-state index in [-0.39, 0.29) is 11.9 Å². The zero-order valence-corrected chi connectivity index (χ0v) is 18.5. The summed E-state index contributed by atoms with van der Waals surface area (Å²) in [4.78, 5) is 12.7. The van der Waals surface area contributed by atoms with Gasteiger partial charge in [-0.2, -0.15) is 0 Å². The van der Waals surface area contributed by atoms with Crippen LogP contribution in [0.5, 0.6) is 0 Å². The van der Waals surface area contributed by atoms with Gasteiger partial charge in [0.05, 0.1) is 11.9 Å². The van der Waals surface area contributed by atoms with Gasteiger partial charge in [0.25, 0.3) is 0 Å². The van der Waals surface area contributed by atoms with Gasteiger partial charge in [-0.15, -0.1) is 0 Å². The molecule has 8 nitrogen and oxygen atoms in total. The number of aryl methyl sites for hydroxylation is 2. The van der Waals surface area contributed by atoms with Crippen LogP contribution in [0.3, 0.4) is 0 Å². The summed E-state index contributed by atoms with van der Waals surface area (Å²) in [7, 11) is 2.05. The van der Waals surface area contributed by atoms with Crippen LogP contribution in [0, 0.1) is 0 Å². The van der Waals surface area contributed by atoms with Gasteiger partial charge in [0.2, 0.25) is 0 Å². The topological polar surface area (TPSA) is 147 Å². The SMILES string of the molecule is Cn1c(-c2ccc(CCCN=C(N)N)cc2)cnc1-c1ccc(CCCN=C(N)N)cc1. The molecule has 0 spiro atoms. The van der Waals surface area contributed by atoms with E-state index in [0.717, 1.165) is 48.3 Å². The van der Waals surface area contributed by atoms with E-state index >= 15 is 0 Å². The molecule has 32 heavy (non-hydrogen) atoms. The normalized spacial score (nSPS) is 10.7. The first-order valence-corrected chi connectivity index (χ1v) is 10.7. The van der Waals surface area contributed by atoms with Gasteiger partial charge in [0.1, 0.15) is 5.82 Å². The van der Waals surface area contributed by atoms with Crippen molar-refractivity contribution in [1.82, 2.24) is 9.55 Å². The summed E-state index contributed by atoms with van der Waals surface area (Å²) < 4.78 is 2.13. The quantitative estimate of drug-likeness (QED) is 0.220. The van der Waals surface area contributed by atoms with Crippen LogP contribution < -0.4 is 22.9 Å². The Morgan fingerprint density at radius 3 is 1.69 bits per heavy atom. The molecular formula is C24H32N8. The van der Waals surface area contributed by atoms with Crippen molar-refractivity contribution in [3.05, 3.63) is 65.9 Å². The van der Waals surface area contributed by atoms with Gasteiger partial charge in [-0.25, -0.2) is 4.98 Å². The van der Waals surface area contributed by atoms with Crippen molar-refractivity contribution < 1.29 is 0 Å². The highest BCUT2D eigenvalue weighted by molar-refractivity contribution is 5.76. The predicted octanol–water partition coefficient (Wildman–Crippen LogP) is 2.17. The Morgan fingerprint density at radius 1 is 0.750 bits per heavy atom. The molecule has 0 saturated heterocycles. The average molecular weight is 433 g/mol. The average Bonchev–Trinajstić information content (AvgIpc) is 3.16. The molecule has 0 amide bonds. The Hall–Kier alpha value is -3.81. The molecule has 0 atom stereocenters. The van der Waals surface area contributed by atoms with Crippen LogP contribution >= 0.6 is 0 Å². The molecule has 2 aromatic carbocycles. The molecule has 1 aromatic heterocycles. The number of benzene rings is 2. The summed E-state index contributed by atoms with van der Waals surface area (Å²) in [5.74, 6) is 1.22. The standard InChI is InChI=1S/C24H32N8/c1-32-21(19-10-6-17(7-11-19)4-2-14-29-23(25)26)16-31-22(32)20-12-8-18(9-13-20)5-3-15-30-24(27)28/h6-13,16H,2-5,14-15H2,1H3,(H4,25,26,29)(H4,27,28,30). The van der Waals surface area contributed by atoms with Crippen LogP contribution in [0.2, 0.25) is 0 Å². The third-order valence-electron chi connectivity index (χ3n) is 5.29.